The van der Waals surface area contributed by atoms with Crippen molar-refractivity contribution in [2.75, 3.05) is 5.73 Å². The maximum Gasteiger partial charge on any atom is 0.0464 e. The minimum Gasteiger partial charge on any atom is -0.398 e. The molecule has 0 radical (unpaired) electrons. The van der Waals surface area contributed by atoms with E-state index >= 15 is 0 Å². The van der Waals surface area contributed by atoms with Crippen LogP contribution in [0.2, 0.25) is 0 Å². The molecule has 1 saturated carbocycles. The summed E-state index contributed by atoms with van der Waals surface area (Å²) >= 11 is 0. The highest BCUT2D eigenvalue weighted by Gasteiger charge is 2.45. The summed E-state index contributed by atoms with van der Waals surface area (Å²) < 4.78 is 0. The molecule has 1 unspecified atom stereocenters. The molecule has 0 amide bonds. The first-order chi connectivity index (χ1) is 7.18. The van der Waals surface area contributed by atoms with Crippen LogP contribution >= 0.6 is 0 Å². The van der Waals surface area contributed by atoms with Gasteiger partial charge in [-0.25, -0.2) is 0 Å². The molecule has 0 aromatic carbocycles. The molecule has 0 aliphatic heterocycles. The smallest absolute Gasteiger partial charge is 0.0464 e. The van der Waals surface area contributed by atoms with Crippen molar-refractivity contribution < 1.29 is 0 Å². The first kappa shape index (κ1) is 9.20. The van der Waals surface area contributed by atoms with Gasteiger partial charge in [0.15, 0.2) is 0 Å². The highest BCUT2D eigenvalue weighted by atomic mass is 14.8. The molecule has 2 nitrogen and oxygen atoms in total. The molecule has 1 heterocycles. The highest BCUT2D eigenvalue weighted by molar-refractivity contribution is 5.52. The van der Waals surface area contributed by atoms with Crippen LogP contribution in [0.3, 0.4) is 0 Å². The number of hydrogen-bond acceptors (Lipinski definition) is 2. The Bertz CT molecular complexity index is 403. The van der Waals surface area contributed by atoms with Crippen molar-refractivity contribution in [3.8, 4) is 0 Å². The predicted molar refractivity (Wildman–Crippen MR) is 61.7 cm³/mol. The maximum absolute atomic E-state index is 6.09. The second-order valence-electron chi connectivity index (χ2n) is 5.16. The van der Waals surface area contributed by atoms with Crippen LogP contribution in [-0.4, -0.2) is 4.98 Å². The molecule has 1 aromatic rings. The van der Waals surface area contributed by atoms with Crippen LogP contribution in [0.5, 0.6) is 0 Å². The molecule has 2 aliphatic rings. The number of nitrogens with two attached hydrogens (primary N) is 1. The Labute approximate surface area is 90.9 Å². The van der Waals surface area contributed by atoms with Crippen molar-refractivity contribution in [2.45, 2.75) is 39.0 Å². The summed E-state index contributed by atoms with van der Waals surface area (Å²) in [4.78, 5) is 4.80. The Morgan fingerprint density at radius 3 is 2.67 bits per heavy atom. The number of pyridine rings is 1. The second kappa shape index (κ2) is 2.97. The van der Waals surface area contributed by atoms with Gasteiger partial charge in [0, 0.05) is 23.0 Å². The Hall–Kier alpha value is -1.05. The summed E-state index contributed by atoms with van der Waals surface area (Å²) in [6, 6.07) is 2.12. The van der Waals surface area contributed by atoms with E-state index in [2.05, 4.69) is 19.9 Å². The number of rotatable bonds is 1. The molecule has 2 aliphatic carbocycles. The molecular weight excluding hydrogens is 184 g/mol. The van der Waals surface area contributed by atoms with Gasteiger partial charge < -0.3 is 5.73 Å². The van der Waals surface area contributed by atoms with Gasteiger partial charge in [0.1, 0.15) is 0 Å². The highest BCUT2D eigenvalue weighted by Crippen LogP contribution is 2.53. The monoisotopic (exact) mass is 202 g/mol. The summed E-state index contributed by atoms with van der Waals surface area (Å²) in [5.41, 5.74) is 10.9. The van der Waals surface area contributed by atoms with Gasteiger partial charge in [0.2, 0.25) is 0 Å². The van der Waals surface area contributed by atoms with Crippen LogP contribution in [0.1, 0.15) is 43.1 Å². The van der Waals surface area contributed by atoms with Gasteiger partial charge in [-0.1, -0.05) is 13.8 Å². The lowest BCUT2D eigenvalue weighted by Crippen LogP contribution is -2.00. The van der Waals surface area contributed by atoms with Crippen molar-refractivity contribution in [3.63, 3.8) is 0 Å². The molecule has 1 aromatic heterocycles. The fraction of sp³-hybridized carbons (Fsp3) is 0.615. The van der Waals surface area contributed by atoms with Crippen molar-refractivity contribution >= 4 is 5.69 Å². The van der Waals surface area contributed by atoms with E-state index in [1.807, 2.05) is 0 Å². The number of nitrogens with zero attached hydrogens (tertiary/aromatic N) is 1. The lowest BCUT2D eigenvalue weighted by atomic mass is 10.1. The fourth-order valence-electron chi connectivity index (χ4n) is 2.97. The second-order valence-corrected chi connectivity index (χ2v) is 5.16. The van der Waals surface area contributed by atoms with Gasteiger partial charge in [0.05, 0.1) is 0 Å². The molecule has 15 heavy (non-hydrogen) atoms. The van der Waals surface area contributed by atoms with Crippen molar-refractivity contribution in [1.29, 1.82) is 0 Å². The lowest BCUT2D eigenvalue weighted by molar-refractivity contribution is 0.834. The van der Waals surface area contributed by atoms with Crippen LogP contribution < -0.4 is 5.73 Å². The number of anilines is 1. The third kappa shape index (κ3) is 1.27. The number of aryl methyl sites for hydroxylation is 1. The zero-order chi connectivity index (χ0) is 10.6. The summed E-state index contributed by atoms with van der Waals surface area (Å²) in [5, 5.41) is 0. The van der Waals surface area contributed by atoms with E-state index < -0.39 is 0 Å². The normalized spacial score (nSPS) is 32.8. The van der Waals surface area contributed by atoms with E-state index in [4.69, 9.17) is 10.7 Å². The van der Waals surface area contributed by atoms with Crippen LogP contribution in [0.4, 0.5) is 5.69 Å². The molecular formula is C13H18N2. The van der Waals surface area contributed by atoms with Gasteiger partial charge in [-0.05, 0) is 42.7 Å². The summed E-state index contributed by atoms with van der Waals surface area (Å²) in [6.07, 6.45) is 3.48. The van der Waals surface area contributed by atoms with Crippen LogP contribution in [0, 0.1) is 11.8 Å². The van der Waals surface area contributed by atoms with Crippen LogP contribution in [0.15, 0.2) is 6.07 Å². The van der Waals surface area contributed by atoms with Gasteiger partial charge >= 0.3 is 0 Å². The quantitative estimate of drug-likeness (QED) is 0.760. The SMILES string of the molecule is C[C@@H]1C(c2cc(N)c3c(n2)CCC3)[C@@H]1C. The van der Waals surface area contributed by atoms with E-state index in [9.17, 15) is 0 Å². The van der Waals surface area contributed by atoms with E-state index in [1.165, 1.54) is 23.4 Å². The molecule has 2 N–H and O–H groups in total. The predicted octanol–water partition coefficient (Wildman–Crippen LogP) is 2.52. The third-order valence-electron chi connectivity index (χ3n) is 4.27. The standard InChI is InChI=1S/C13H18N2/c1-7-8(2)13(7)12-6-10(14)9-4-3-5-11(9)15-12/h6-8,13H,3-5H2,1-2H3,(H2,14,15)/t7-,8+,13?. The molecule has 3 atom stereocenters. The fourth-order valence-corrected chi connectivity index (χ4v) is 2.97. The zero-order valence-electron chi connectivity index (χ0n) is 9.46. The Morgan fingerprint density at radius 2 is 2.00 bits per heavy atom. The Kier molecular flexibility index (Phi) is 1.82. The molecule has 0 spiro atoms. The Morgan fingerprint density at radius 1 is 1.27 bits per heavy atom. The largest absolute Gasteiger partial charge is 0.398 e. The number of fused-ring (bicyclic) bond motifs is 1. The van der Waals surface area contributed by atoms with Crippen molar-refractivity contribution in [3.05, 3.63) is 23.0 Å². The summed E-state index contributed by atoms with van der Waals surface area (Å²) in [7, 11) is 0. The van der Waals surface area contributed by atoms with Gasteiger partial charge in [0.25, 0.3) is 0 Å². The van der Waals surface area contributed by atoms with E-state index in [0.29, 0.717) is 5.92 Å². The van der Waals surface area contributed by atoms with Crippen LogP contribution in [-0.2, 0) is 12.8 Å². The first-order valence-electron chi connectivity index (χ1n) is 5.96. The summed E-state index contributed by atoms with van der Waals surface area (Å²) in [6.45, 7) is 4.61. The minimum absolute atomic E-state index is 0.665. The molecule has 80 valence electrons. The first-order valence-corrected chi connectivity index (χ1v) is 5.96. The van der Waals surface area contributed by atoms with Crippen LogP contribution in [0.25, 0.3) is 0 Å². The van der Waals surface area contributed by atoms with E-state index in [-0.39, 0.29) is 0 Å². The molecule has 0 saturated heterocycles. The number of nitrogen functional groups attached to an aromatic ring is 1. The molecule has 0 bridgehead atoms. The average molecular weight is 202 g/mol. The Balaban J connectivity index is 2.01. The van der Waals surface area contributed by atoms with Gasteiger partial charge in [-0.3, -0.25) is 4.98 Å². The van der Waals surface area contributed by atoms with E-state index in [0.717, 1.165) is 30.4 Å². The molecule has 2 heteroatoms. The van der Waals surface area contributed by atoms with Gasteiger partial charge in [-0.2, -0.15) is 0 Å². The zero-order valence-corrected chi connectivity index (χ0v) is 9.46. The lowest BCUT2D eigenvalue weighted by Gasteiger charge is -2.07. The average Bonchev–Trinajstić information content (AvgIpc) is 2.67. The summed E-state index contributed by atoms with van der Waals surface area (Å²) in [5.74, 6) is 2.24. The van der Waals surface area contributed by atoms with Crippen molar-refractivity contribution in [2.24, 2.45) is 11.8 Å². The van der Waals surface area contributed by atoms with Gasteiger partial charge in [-0.15, -0.1) is 0 Å². The van der Waals surface area contributed by atoms with Crippen molar-refractivity contribution in [1.82, 2.24) is 4.98 Å². The molecule has 1 fully saturated rings. The molecule has 3 rings (SSSR count). The minimum atomic E-state index is 0.665. The number of hydrogen-bond donors (Lipinski definition) is 1. The number of aromatic nitrogens is 1. The third-order valence-corrected chi connectivity index (χ3v) is 4.27. The topological polar surface area (TPSA) is 38.9 Å². The maximum atomic E-state index is 6.09. The van der Waals surface area contributed by atoms with E-state index in [1.54, 1.807) is 0 Å².